The van der Waals surface area contributed by atoms with E-state index in [1.807, 2.05) is 43.3 Å². The second-order valence-corrected chi connectivity index (χ2v) is 12.1. The fourth-order valence-corrected chi connectivity index (χ4v) is 5.48. The molecule has 0 heterocycles. The van der Waals surface area contributed by atoms with E-state index in [-0.39, 0.29) is 18.9 Å². The van der Waals surface area contributed by atoms with E-state index in [0.29, 0.717) is 33.4 Å². The van der Waals surface area contributed by atoms with Gasteiger partial charge >= 0.3 is 0 Å². The van der Waals surface area contributed by atoms with Gasteiger partial charge in [0.25, 0.3) is 0 Å². The molecule has 7 nitrogen and oxygen atoms in total. The number of anilines is 1. The molecule has 3 aromatic rings. The number of nitrogens with zero attached hydrogens (tertiary/aromatic N) is 2. The fraction of sp³-hybridized carbons (Fsp3) is 0.310. The van der Waals surface area contributed by atoms with E-state index in [0.717, 1.165) is 22.5 Å². The maximum atomic E-state index is 14.0. The van der Waals surface area contributed by atoms with Gasteiger partial charge in [0.1, 0.15) is 12.6 Å². The van der Waals surface area contributed by atoms with Crippen molar-refractivity contribution in [1.29, 1.82) is 0 Å². The van der Waals surface area contributed by atoms with Crippen LogP contribution in [0.3, 0.4) is 0 Å². The van der Waals surface area contributed by atoms with Gasteiger partial charge in [0, 0.05) is 29.6 Å². The van der Waals surface area contributed by atoms with Gasteiger partial charge in [0.05, 0.1) is 11.9 Å². The Kier molecular flexibility index (Phi) is 10.8. The molecule has 10 heteroatoms. The Hall–Kier alpha value is -3.07. The van der Waals surface area contributed by atoms with Gasteiger partial charge in [-0.1, -0.05) is 78.7 Å². The summed E-state index contributed by atoms with van der Waals surface area (Å²) in [4.78, 5) is 29.0. The summed E-state index contributed by atoms with van der Waals surface area (Å²) in [5.41, 5.74) is 2.52. The van der Waals surface area contributed by atoms with Crippen molar-refractivity contribution in [3.8, 4) is 0 Å². The van der Waals surface area contributed by atoms with Gasteiger partial charge in [-0.25, -0.2) is 8.42 Å². The van der Waals surface area contributed by atoms with Crippen molar-refractivity contribution < 1.29 is 18.0 Å². The van der Waals surface area contributed by atoms with Crippen LogP contribution in [0.5, 0.6) is 0 Å². The summed E-state index contributed by atoms with van der Waals surface area (Å²) in [6, 6.07) is 20.4. The number of carbonyl (C=O) groups is 2. The first-order valence-electron chi connectivity index (χ1n) is 12.6. The predicted molar refractivity (Wildman–Crippen MR) is 158 cm³/mol. The number of nitrogens with one attached hydrogen (secondary N) is 1. The Labute approximate surface area is 240 Å². The topological polar surface area (TPSA) is 86.8 Å². The lowest BCUT2D eigenvalue weighted by Crippen LogP contribution is -2.53. The smallest absolute Gasteiger partial charge is 0.244 e. The number of carbonyl (C=O) groups excluding carboxylic acids is 2. The molecule has 0 saturated carbocycles. The summed E-state index contributed by atoms with van der Waals surface area (Å²) in [5, 5.41) is 3.74. The van der Waals surface area contributed by atoms with E-state index in [4.69, 9.17) is 23.2 Å². The summed E-state index contributed by atoms with van der Waals surface area (Å²) >= 11 is 12.4. The number of hydrogen-bond acceptors (Lipinski definition) is 4. The van der Waals surface area contributed by atoms with E-state index >= 15 is 0 Å². The average molecular weight is 591 g/mol. The summed E-state index contributed by atoms with van der Waals surface area (Å²) < 4.78 is 26.8. The van der Waals surface area contributed by atoms with Gasteiger partial charge in [-0.2, -0.15) is 0 Å². The van der Waals surface area contributed by atoms with Crippen molar-refractivity contribution in [2.24, 2.45) is 0 Å². The highest BCUT2D eigenvalue weighted by Gasteiger charge is 2.33. The molecule has 2 amide bonds. The van der Waals surface area contributed by atoms with Crippen molar-refractivity contribution in [2.45, 2.75) is 39.3 Å². The number of amides is 2. The van der Waals surface area contributed by atoms with E-state index in [1.54, 1.807) is 37.3 Å². The molecule has 0 aliphatic rings. The quantitative estimate of drug-likeness (QED) is 0.313. The van der Waals surface area contributed by atoms with Crippen molar-refractivity contribution in [1.82, 2.24) is 10.2 Å². The predicted octanol–water partition coefficient (Wildman–Crippen LogP) is 5.23. The zero-order valence-electron chi connectivity index (χ0n) is 22.2. The third kappa shape index (κ3) is 8.71. The van der Waals surface area contributed by atoms with Crippen LogP contribution in [-0.2, 0) is 32.6 Å². The zero-order chi connectivity index (χ0) is 28.6. The van der Waals surface area contributed by atoms with Gasteiger partial charge in [-0.15, -0.1) is 0 Å². The molecule has 0 spiro atoms. The number of aryl methyl sites for hydroxylation is 1. The minimum Gasteiger partial charge on any atom is -0.354 e. The molecule has 0 saturated heterocycles. The maximum absolute atomic E-state index is 14.0. The van der Waals surface area contributed by atoms with E-state index < -0.39 is 28.5 Å². The van der Waals surface area contributed by atoms with Crippen LogP contribution in [0.15, 0.2) is 72.8 Å². The second kappa shape index (κ2) is 13.8. The first-order valence-corrected chi connectivity index (χ1v) is 15.2. The second-order valence-electron chi connectivity index (χ2n) is 9.35. The fourth-order valence-electron chi connectivity index (χ4n) is 4.20. The Bertz CT molecular complexity index is 1400. The number of halogens is 2. The van der Waals surface area contributed by atoms with Crippen molar-refractivity contribution in [3.05, 3.63) is 99.5 Å². The number of sulfonamides is 1. The molecule has 0 aromatic heterocycles. The number of hydrogen-bond donors (Lipinski definition) is 1. The van der Waals surface area contributed by atoms with Crippen LogP contribution >= 0.6 is 23.2 Å². The lowest BCUT2D eigenvalue weighted by atomic mass is 10.0. The molecule has 0 bridgehead atoms. The standard InChI is InChI=1S/C29H33Cl2N3O4S/c1-4-15-32-29(36)27(17-22-9-6-5-7-10-22)33(19-23-11-8-12-24(30)16-23)28(35)20-34(39(3,37)38)26-18-25(31)14-13-21(26)2/h5-14,16,18,27H,4,15,17,19-20H2,1-3H3,(H,32,36). The molecular weight excluding hydrogens is 557 g/mol. The molecule has 0 radical (unpaired) electrons. The maximum Gasteiger partial charge on any atom is 0.244 e. The van der Waals surface area contributed by atoms with Crippen LogP contribution in [0.25, 0.3) is 0 Å². The molecule has 208 valence electrons. The molecule has 1 atom stereocenters. The minimum atomic E-state index is -3.88. The van der Waals surface area contributed by atoms with E-state index in [1.165, 1.54) is 11.0 Å². The van der Waals surface area contributed by atoms with Crippen LogP contribution in [0.4, 0.5) is 5.69 Å². The van der Waals surface area contributed by atoms with Crippen LogP contribution in [0.1, 0.15) is 30.0 Å². The summed E-state index contributed by atoms with van der Waals surface area (Å²) in [6.45, 7) is 3.68. The molecule has 0 fully saturated rings. The first kappa shape index (κ1) is 30.5. The van der Waals surface area contributed by atoms with Crippen LogP contribution in [0.2, 0.25) is 10.0 Å². The van der Waals surface area contributed by atoms with Crippen molar-refractivity contribution in [3.63, 3.8) is 0 Å². The third-order valence-electron chi connectivity index (χ3n) is 6.18. The van der Waals surface area contributed by atoms with Crippen LogP contribution in [0, 0.1) is 6.92 Å². The minimum absolute atomic E-state index is 0.0581. The molecule has 3 rings (SSSR count). The van der Waals surface area contributed by atoms with Crippen molar-refractivity contribution in [2.75, 3.05) is 23.7 Å². The van der Waals surface area contributed by atoms with E-state index in [2.05, 4.69) is 5.32 Å². The van der Waals surface area contributed by atoms with Crippen molar-refractivity contribution >= 4 is 50.7 Å². The Morgan fingerprint density at radius 1 is 0.923 bits per heavy atom. The van der Waals surface area contributed by atoms with Crippen LogP contribution in [-0.4, -0.2) is 50.5 Å². The molecular formula is C29H33Cl2N3O4S. The van der Waals surface area contributed by atoms with Gasteiger partial charge in [-0.05, 0) is 54.3 Å². The van der Waals surface area contributed by atoms with E-state index in [9.17, 15) is 18.0 Å². The molecule has 0 aliphatic carbocycles. The van der Waals surface area contributed by atoms with Gasteiger partial charge in [0.15, 0.2) is 0 Å². The molecule has 1 unspecified atom stereocenters. The van der Waals surface area contributed by atoms with Gasteiger partial charge in [0.2, 0.25) is 21.8 Å². The molecule has 0 aliphatic heterocycles. The Morgan fingerprint density at radius 2 is 1.59 bits per heavy atom. The Balaban J connectivity index is 2.07. The van der Waals surface area contributed by atoms with Gasteiger partial charge < -0.3 is 10.2 Å². The summed E-state index contributed by atoms with van der Waals surface area (Å²) in [5.74, 6) is -0.853. The summed E-state index contributed by atoms with van der Waals surface area (Å²) in [6.07, 6.45) is 2.01. The molecule has 1 N–H and O–H groups in total. The highest BCUT2D eigenvalue weighted by molar-refractivity contribution is 7.92. The lowest BCUT2D eigenvalue weighted by molar-refractivity contribution is -0.140. The zero-order valence-corrected chi connectivity index (χ0v) is 24.6. The third-order valence-corrected chi connectivity index (χ3v) is 7.78. The largest absolute Gasteiger partial charge is 0.354 e. The molecule has 39 heavy (non-hydrogen) atoms. The highest BCUT2D eigenvalue weighted by atomic mass is 35.5. The van der Waals surface area contributed by atoms with Gasteiger partial charge in [-0.3, -0.25) is 13.9 Å². The number of benzene rings is 3. The highest BCUT2D eigenvalue weighted by Crippen LogP contribution is 2.27. The lowest BCUT2D eigenvalue weighted by Gasteiger charge is -2.34. The molecule has 3 aromatic carbocycles. The number of rotatable bonds is 12. The average Bonchev–Trinajstić information content (AvgIpc) is 2.89. The SMILES string of the molecule is CCCNC(=O)C(Cc1ccccc1)N(Cc1cccc(Cl)c1)C(=O)CN(c1cc(Cl)ccc1C)S(C)(=O)=O. The Morgan fingerprint density at radius 3 is 2.23 bits per heavy atom. The monoisotopic (exact) mass is 589 g/mol. The van der Waals surface area contributed by atoms with Crippen LogP contribution < -0.4 is 9.62 Å². The summed E-state index contributed by atoms with van der Waals surface area (Å²) in [7, 11) is -3.88. The first-order chi connectivity index (χ1) is 18.5. The normalized spacial score (nSPS) is 12.0.